The second kappa shape index (κ2) is 5.64. The summed E-state index contributed by atoms with van der Waals surface area (Å²) in [4.78, 5) is 2.57. The highest BCUT2D eigenvalue weighted by atomic mass is 15.2. The summed E-state index contributed by atoms with van der Waals surface area (Å²) < 4.78 is 0. The summed E-state index contributed by atoms with van der Waals surface area (Å²) in [5.74, 6) is 0. The fraction of sp³-hybridized carbons (Fsp3) is 0.647. The third-order valence-electron chi connectivity index (χ3n) is 4.70. The summed E-state index contributed by atoms with van der Waals surface area (Å²) in [7, 11) is 0. The molecule has 1 aliphatic rings. The number of benzene rings is 1. The molecule has 0 aliphatic carbocycles. The van der Waals surface area contributed by atoms with Gasteiger partial charge in [0.15, 0.2) is 0 Å². The molecular weight excluding hydrogens is 232 g/mol. The molecule has 1 unspecified atom stereocenters. The zero-order valence-corrected chi connectivity index (χ0v) is 12.9. The van der Waals surface area contributed by atoms with E-state index in [0.29, 0.717) is 0 Å². The number of hydrogen-bond donors (Lipinski definition) is 1. The quantitative estimate of drug-likeness (QED) is 0.900. The van der Waals surface area contributed by atoms with Gasteiger partial charge < -0.3 is 5.73 Å². The van der Waals surface area contributed by atoms with Crippen LogP contribution in [0.3, 0.4) is 0 Å². The molecule has 0 saturated carbocycles. The molecular formula is C17H28N2. The van der Waals surface area contributed by atoms with E-state index in [4.69, 9.17) is 5.73 Å². The van der Waals surface area contributed by atoms with Crippen LogP contribution in [0.1, 0.15) is 55.8 Å². The van der Waals surface area contributed by atoms with Crippen molar-refractivity contribution in [3.63, 3.8) is 0 Å². The van der Waals surface area contributed by atoms with E-state index in [1.54, 1.807) is 0 Å². The average molecular weight is 260 g/mol. The fourth-order valence-corrected chi connectivity index (χ4v) is 3.14. The Balaban J connectivity index is 2.25. The first-order valence-corrected chi connectivity index (χ1v) is 7.50. The van der Waals surface area contributed by atoms with Gasteiger partial charge in [0.05, 0.1) is 0 Å². The SMILES string of the molecule is Cc1ccc(C)c(C(N)C(C)(C)N2CCCCC2)c1. The van der Waals surface area contributed by atoms with E-state index >= 15 is 0 Å². The molecule has 2 rings (SSSR count). The molecule has 0 amide bonds. The van der Waals surface area contributed by atoms with Crippen LogP contribution in [0.5, 0.6) is 0 Å². The minimum Gasteiger partial charge on any atom is -0.322 e. The second-order valence-corrected chi connectivity index (χ2v) is 6.54. The van der Waals surface area contributed by atoms with Gasteiger partial charge in [0, 0.05) is 11.6 Å². The predicted molar refractivity (Wildman–Crippen MR) is 82.3 cm³/mol. The molecule has 19 heavy (non-hydrogen) atoms. The minimum atomic E-state index is 0.0268. The Labute approximate surface area is 118 Å². The molecule has 1 aliphatic heterocycles. The first-order chi connectivity index (χ1) is 8.93. The number of nitrogens with two attached hydrogens (primary N) is 1. The van der Waals surface area contributed by atoms with Crippen molar-refractivity contribution >= 4 is 0 Å². The molecule has 1 fully saturated rings. The van der Waals surface area contributed by atoms with Gasteiger partial charge in [0.25, 0.3) is 0 Å². The highest BCUT2D eigenvalue weighted by Gasteiger charge is 2.35. The lowest BCUT2D eigenvalue weighted by Crippen LogP contribution is -2.53. The van der Waals surface area contributed by atoms with E-state index < -0.39 is 0 Å². The smallest absolute Gasteiger partial charge is 0.0479 e. The zero-order valence-electron chi connectivity index (χ0n) is 12.9. The molecule has 1 aromatic carbocycles. The maximum Gasteiger partial charge on any atom is 0.0479 e. The number of rotatable bonds is 3. The Hall–Kier alpha value is -0.860. The van der Waals surface area contributed by atoms with E-state index in [0.717, 1.165) is 0 Å². The molecule has 1 saturated heterocycles. The molecule has 2 N–H and O–H groups in total. The molecule has 0 aromatic heterocycles. The summed E-state index contributed by atoms with van der Waals surface area (Å²) >= 11 is 0. The van der Waals surface area contributed by atoms with E-state index in [2.05, 4.69) is 50.8 Å². The first kappa shape index (κ1) is 14.5. The molecule has 2 nitrogen and oxygen atoms in total. The van der Waals surface area contributed by atoms with Crippen LogP contribution in [-0.4, -0.2) is 23.5 Å². The zero-order chi connectivity index (χ0) is 14.0. The van der Waals surface area contributed by atoms with Crippen molar-refractivity contribution in [1.82, 2.24) is 4.90 Å². The lowest BCUT2D eigenvalue weighted by molar-refractivity contribution is 0.0728. The maximum absolute atomic E-state index is 6.63. The van der Waals surface area contributed by atoms with E-state index in [-0.39, 0.29) is 11.6 Å². The maximum atomic E-state index is 6.63. The Morgan fingerprint density at radius 1 is 1.11 bits per heavy atom. The number of nitrogens with zero attached hydrogens (tertiary/aromatic N) is 1. The molecule has 0 radical (unpaired) electrons. The largest absolute Gasteiger partial charge is 0.322 e. The summed E-state index contributed by atoms with van der Waals surface area (Å²) in [6.45, 7) is 11.3. The number of aryl methyl sites for hydroxylation is 2. The van der Waals surface area contributed by atoms with Crippen molar-refractivity contribution in [2.45, 2.75) is 58.5 Å². The van der Waals surface area contributed by atoms with Gasteiger partial charge in [-0.2, -0.15) is 0 Å². The average Bonchev–Trinajstić information content (AvgIpc) is 2.41. The number of likely N-dealkylation sites (tertiary alicyclic amines) is 1. The number of piperidine rings is 1. The molecule has 0 spiro atoms. The van der Waals surface area contributed by atoms with Crippen LogP contribution in [0.25, 0.3) is 0 Å². The van der Waals surface area contributed by atoms with E-state index in [9.17, 15) is 0 Å². The van der Waals surface area contributed by atoms with Crippen molar-refractivity contribution in [3.05, 3.63) is 34.9 Å². The summed E-state index contributed by atoms with van der Waals surface area (Å²) in [5, 5.41) is 0. The Morgan fingerprint density at radius 3 is 2.37 bits per heavy atom. The monoisotopic (exact) mass is 260 g/mol. The molecule has 1 atom stereocenters. The highest BCUT2D eigenvalue weighted by Crippen LogP contribution is 2.33. The van der Waals surface area contributed by atoms with Crippen molar-refractivity contribution in [3.8, 4) is 0 Å². The van der Waals surface area contributed by atoms with Gasteiger partial charge in [0.1, 0.15) is 0 Å². The van der Waals surface area contributed by atoms with Crippen molar-refractivity contribution < 1.29 is 0 Å². The topological polar surface area (TPSA) is 29.3 Å². The molecule has 0 bridgehead atoms. The summed E-state index contributed by atoms with van der Waals surface area (Å²) in [5.41, 5.74) is 10.6. The van der Waals surface area contributed by atoms with Crippen LogP contribution in [0, 0.1) is 13.8 Å². The second-order valence-electron chi connectivity index (χ2n) is 6.54. The van der Waals surface area contributed by atoms with Crippen LogP contribution in [0.4, 0.5) is 0 Å². The van der Waals surface area contributed by atoms with Gasteiger partial charge in [-0.15, -0.1) is 0 Å². The van der Waals surface area contributed by atoms with Gasteiger partial charge in [-0.1, -0.05) is 30.2 Å². The lowest BCUT2D eigenvalue weighted by atomic mass is 9.84. The van der Waals surface area contributed by atoms with Gasteiger partial charge in [-0.05, 0) is 64.8 Å². The van der Waals surface area contributed by atoms with Crippen molar-refractivity contribution in [2.24, 2.45) is 5.73 Å². The Bertz CT molecular complexity index is 431. The van der Waals surface area contributed by atoms with Gasteiger partial charge in [-0.25, -0.2) is 0 Å². The van der Waals surface area contributed by atoms with Crippen LogP contribution in [0.2, 0.25) is 0 Å². The Kier molecular flexibility index (Phi) is 4.32. The third kappa shape index (κ3) is 3.01. The summed E-state index contributed by atoms with van der Waals surface area (Å²) in [6, 6.07) is 6.69. The molecule has 1 aromatic rings. The van der Waals surface area contributed by atoms with Gasteiger partial charge >= 0.3 is 0 Å². The minimum absolute atomic E-state index is 0.0268. The molecule has 1 heterocycles. The molecule has 106 valence electrons. The van der Waals surface area contributed by atoms with Crippen LogP contribution in [-0.2, 0) is 0 Å². The van der Waals surface area contributed by atoms with Crippen molar-refractivity contribution in [2.75, 3.05) is 13.1 Å². The van der Waals surface area contributed by atoms with Gasteiger partial charge in [0.2, 0.25) is 0 Å². The van der Waals surface area contributed by atoms with E-state index in [1.165, 1.54) is 49.0 Å². The van der Waals surface area contributed by atoms with Crippen LogP contribution >= 0.6 is 0 Å². The standard InChI is InChI=1S/C17H28N2/c1-13-8-9-14(2)15(12-13)16(18)17(3,4)19-10-6-5-7-11-19/h8-9,12,16H,5-7,10-11,18H2,1-4H3. The Morgan fingerprint density at radius 2 is 1.74 bits per heavy atom. The first-order valence-electron chi connectivity index (χ1n) is 7.50. The lowest BCUT2D eigenvalue weighted by Gasteiger charge is -2.45. The van der Waals surface area contributed by atoms with Gasteiger partial charge in [-0.3, -0.25) is 4.90 Å². The van der Waals surface area contributed by atoms with Crippen LogP contribution < -0.4 is 5.73 Å². The highest BCUT2D eigenvalue weighted by molar-refractivity contribution is 5.34. The van der Waals surface area contributed by atoms with Crippen molar-refractivity contribution in [1.29, 1.82) is 0 Å². The third-order valence-corrected chi connectivity index (χ3v) is 4.70. The normalized spacial score (nSPS) is 19.4. The predicted octanol–water partition coefficient (Wildman–Crippen LogP) is 3.57. The van der Waals surface area contributed by atoms with Crippen LogP contribution in [0.15, 0.2) is 18.2 Å². The number of hydrogen-bond acceptors (Lipinski definition) is 2. The molecule has 2 heteroatoms. The summed E-state index contributed by atoms with van der Waals surface area (Å²) in [6.07, 6.45) is 3.98. The van der Waals surface area contributed by atoms with E-state index in [1.807, 2.05) is 0 Å². The fourth-order valence-electron chi connectivity index (χ4n) is 3.14.